The van der Waals surface area contributed by atoms with Crippen molar-refractivity contribution in [3.05, 3.63) is 36.5 Å². The fraction of sp³-hybridized carbons (Fsp3) is 0.267. The normalized spacial score (nSPS) is 10.1. The number of allylic oxidation sites excluding steroid dienone is 6. The summed E-state index contributed by atoms with van der Waals surface area (Å²) < 4.78 is 0. The van der Waals surface area contributed by atoms with Crippen LogP contribution in [0.4, 0.5) is 0 Å². The zero-order valence-electron chi connectivity index (χ0n) is 9.57. The van der Waals surface area contributed by atoms with E-state index in [1.165, 1.54) is 0 Å². The van der Waals surface area contributed by atoms with Gasteiger partial charge in [0.1, 0.15) is 6.29 Å². The lowest BCUT2D eigenvalue weighted by Gasteiger charge is -1.84. The van der Waals surface area contributed by atoms with Crippen molar-refractivity contribution >= 4 is 6.29 Å². The fourth-order valence-electron chi connectivity index (χ4n) is 0.836. The summed E-state index contributed by atoms with van der Waals surface area (Å²) in [4.78, 5) is 10.0. The summed E-state index contributed by atoms with van der Waals surface area (Å²) in [6, 6.07) is 0. The minimum Gasteiger partial charge on any atom is -0.303 e. The molecule has 0 fully saturated rings. The molecule has 0 saturated heterocycles. The van der Waals surface area contributed by atoms with Gasteiger partial charge in [-0.1, -0.05) is 36.1 Å². The zero-order chi connectivity index (χ0) is 11.9. The topological polar surface area (TPSA) is 17.1 Å². The van der Waals surface area contributed by atoms with E-state index in [4.69, 9.17) is 0 Å². The molecule has 0 aliphatic heterocycles. The van der Waals surface area contributed by atoms with E-state index < -0.39 is 0 Å². The van der Waals surface area contributed by atoms with Crippen LogP contribution in [0.1, 0.15) is 26.2 Å². The second-order valence-electron chi connectivity index (χ2n) is 2.92. The summed E-state index contributed by atoms with van der Waals surface area (Å²) in [7, 11) is 0. The van der Waals surface area contributed by atoms with Crippen LogP contribution in [0.25, 0.3) is 0 Å². The maximum absolute atomic E-state index is 10.0. The van der Waals surface area contributed by atoms with Crippen LogP contribution in [-0.4, -0.2) is 6.29 Å². The Labute approximate surface area is 97.9 Å². The third-order valence-electron chi connectivity index (χ3n) is 1.58. The van der Waals surface area contributed by atoms with Crippen LogP contribution in [0.5, 0.6) is 0 Å². The van der Waals surface area contributed by atoms with Crippen LogP contribution in [0.2, 0.25) is 0 Å². The largest absolute Gasteiger partial charge is 0.303 e. The molecule has 0 spiro atoms. The van der Waals surface area contributed by atoms with Gasteiger partial charge in [-0.2, -0.15) is 0 Å². The molecule has 0 rings (SSSR count). The molecule has 0 aromatic carbocycles. The maximum atomic E-state index is 10.0. The van der Waals surface area contributed by atoms with Crippen LogP contribution in [0, 0.1) is 23.7 Å². The van der Waals surface area contributed by atoms with Crippen molar-refractivity contribution in [1.29, 1.82) is 0 Å². The van der Waals surface area contributed by atoms with Crippen molar-refractivity contribution in [2.24, 2.45) is 0 Å². The highest BCUT2D eigenvalue weighted by Gasteiger charge is 1.79. The lowest BCUT2D eigenvalue weighted by atomic mass is 10.2. The van der Waals surface area contributed by atoms with Gasteiger partial charge >= 0.3 is 0 Å². The molecule has 1 nitrogen and oxygen atoms in total. The Bertz CT molecular complexity index is 375. The Hall–Kier alpha value is -1.99. The predicted octanol–water partition coefficient (Wildman–Crippen LogP) is 3.05. The first-order chi connectivity index (χ1) is 7.91. The van der Waals surface area contributed by atoms with Gasteiger partial charge in [0.2, 0.25) is 0 Å². The van der Waals surface area contributed by atoms with E-state index >= 15 is 0 Å². The molecule has 1 heteroatoms. The summed E-state index contributed by atoms with van der Waals surface area (Å²) in [5, 5.41) is 0. The van der Waals surface area contributed by atoms with E-state index in [1.807, 2.05) is 31.2 Å². The van der Waals surface area contributed by atoms with E-state index in [2.05, 4.69) is 23.7 Å². The third-order valence-corrected chi connectivity index (χ3v) is 1.58. The first-order valence-electron chi connectivity index (χ1n) is 5.29. The van der Waals surface area contributed by atoms with Crippen LogP contribution < -0.4 is 0 Å². The Morgan fingerprint density at radius 2 is 1.75 bits per heavy atom. The lowest BCUT2D eigenvalue weighted by Crippen LogP contribution is -1.72. The molecule has 0 heterocycles. The van der Waals surface area contributed by atoms with Crippen molar-refractivity contribution < 1.29 is 4.79 Å². The van der Waals surface area contributed by atoms with E-state index in [0.717, 1.165) is 19.1 Å². The molecule has 0 amide bonds. The molecule has 0 radical (unpaired) electrons. The van der Waals surface area contributed by atoms with E-state index in [-0.39, 0.29) is 0 Å². The quantitative estimate of drug-likeness (QED) is 0.296. The van der Waals surface area contributed by atoms with Gasteiger partial charge in [-0.05, 0) is 43.8 Å². The molecule has 16 heavy (non-hydrogen) atoms. The van der Waals surface area contributed by atoms with Gasteiger partial charge < -0.3 is 4.79 Å². The molecule has 0 aliphatic carbocycles. The Balaban J connectivity index is 3.69. The van der Waals surface area contributed by atoms with Crippen molar-refractivity contribution in [1.82, 2.24) is 0 Å². The van der Waals surface area contributed by atoms with Crippen LogP contribution in [0.15, 0.2) is 36.5 Å². The minimum absolute atomic E-state index is 0.633. The van der Waals surface area contributed by atoms with Crippen molar-refractivity contribution in [3.63, 3.8) is 0 Å². The highest BCUT2D eigenvalue weighted by molar-refractivity contribution is 5.49. The van der Waals surface area contributed by atoms with Crippen LogP contribution in [0.3, 0.4) is 0 Å². The molecule has 0 aliphatic rings. The lowest BCUT2D eigenvalue weighted by molar-refractivity contribution is -0.107. The average Bonchev–Trinajstić information content (AvgIpc) is 2.31. The Morgan fingerprint density at radius 1 is 1.00 bits per heavy atom. The molecule has 0 N–H and O–H groups in total. The highest BCUT2D eigenvalue weighted by atomic mass is 16.1. The van der Waals surface area contributed by atoms with Crippen LogP contribution in [-0.2, 0) is 4.79 Å². The number of unbranched alkanes of at least 4 members (excludes halogenated alkanes) is 2. The van der Waals surface area contributed by atoms with E-state index in [0.29, 0.717) is 6.42 Å². The van der Waals surface area contributed by atoms with E-state index in [1.54, 1.807) is 12.2 Å². The summed E-state index contributed by atoms with van der Waals surface area (Å²) in [5.41, 5.74) is 0. The van der Waals surface area contributed by atoms with Gasteiger partial charge in [0, 0.05) is 6.42 Å². The molecule has 82 valence electrons. The molecular weight excluding hydrogens is 196 g/mol. The van der Waals surface area contributed by atoms with Gasteiger partial charge in [0.25, 0.3) is 0 Å². The van der Waals surface area contributed by atoms with Crippen molar-refractivity contribution in [3.8, 4) is 23.7 Å². The molecule has 0 atom stereocenters. The predicted molar refractivity (Wildman–Crippen MR) is 68.6 cm³/mol. The third kappa shape index (κ3) is 12.0. The standard InChI is InChI=1S/C15H16O/c1-2-3-4-5-6-7-8-9-10-11-12-13-14-15-16/h2-3,8-11,15H,12-14H2,1H3/b3-2+,9-8+,11-10+. The smallest absolute Gasteiger partial charge is 0.120 e. The van der Waals surface area contributed by atoms with Gasteiger partial charge in [-0.3, -0.25) is 0 Å². The molecule has 0 bridgehead atoms. The van der Waals surface area contributed by atoms with Crippen molar-refractivity contribution in [2.45, 2.75) is 26.2 Å². The summed E-state index contributed by atoms with van der Waals surface area (Å²) >= 11 is 0. The zero-order valence-corrected chi connectivity index (χ0v) is 9.57. The first kappa shape index (κ1) is 14.0. The summed E-state index contributed by atoms with van der Waals surface area (Å²) in [5.74, 6) is 11.0. The number of hydrogen-bond donors (Lipinski definition) is 0. The molecule has 0 aromatic heterocycles. The number of hydrogen-bond acceptors (Lipinski definition) is 1. The van der Waals surface area contributed by atoms with Crippen molar-refractivity contribution in [2.75, 3.05) is 0 Å². The number of aldehydes is 1. The number of rotatable bonds is 5. The first-order valence-corrected chi connectivity index (χ1v) is 5.29. The van der Waals surface area contributed by atoms with Gasteiger partial charge in [-0.25, -0.2) is 0 Å². The molecular formula is C15H16O. The molecule has 0 saturated carbocycles. The number of carbonyl (C=O) groups excluding carboxylic acids is 1. The summed E-state index contributed by atoms with van der Waals surface area (Å²) in [6.07, 6.45) is 14.6. The minimum atomic E-state index is 0.633. The van der Waals surface area contributed by atoms with Crippen LogP contribution >= 0.6 is 0 Å². The monoisotopic (exact) mass is 212 g/mol. The SMILES string of the molecule is C/C=C/C#CC#C/C=C/C=C/CCCC=O. The number of carbonyl (C=O) groups is 1. The fourth-order valence-corrected chi connectivity index (χ4v) is 0.836. The van der Waals surface area contributed by atoms with Gasteiger partial charge in [0.15, 0.2) is 0 Å². The summed E-state index contributed by atoms with van der Waals surface area (Å²) in [6.45, 7) is 1.91. The Morgan fingerprint density at radius 3 is 2.44 bits per heavy atom. The molecule has 0 aromatic rings. The second-order valence-corrected chi connectivity index (χ2v) is 2.92. The van der Waals surface area contributed by atoms with Gasteiger partial charge in [-0.15, -0.1) is 0 Å². The van der Waals surface area contributed by atoms with Gasteiger partial charge in [0.05, 0.1) is 0 Å². The van der Waals surface area contributed by atoms with E-state index in [9.17, 15) is 4.79 Å². The second kappa shape index (κ2) is 13.0. The average molecular weight is 212 g/mol. The maximum Gasteiger partial charge on any atom is 0.120 e. The Kier molecular flexibility index (Phi) is 11.4. The highest BCUT2D eigenvalue weighted by Crippen LogP contribution is 1.93. The molecule has 0 unspecified atom stereocenters.